The molecular weight excluding hydrogens is 334 g/mol. The molecule has 26 heavy (non-hydrogen) atoms. The van der Waals surface area contributed by atoms with Gasteiger partial charge in [-0.25, -0.2) is 4.98 Å². The number of amides is 1. The minimum absolute atomic E-state index is 0.0803. The molecular formula is C18H29N5O3. The van der Waals surface area contributed by atoms with E-state index >= 15 is 0 Å². The van der Waals surface area contributed by atoms with Gasteiger partial charge in [0.25, 0.3) is 5.91 Å². The number of hydrogen-bond donors (Lipinski definition) is 4. The van der Waals surface area contributed by atoms with Crippen LogP contribution in [0.3, 0.4) is 0 Å². The zero-order chi connectivity index (χ0) is 18.5. The molecule has 1 heterocycles. The van der Waals surface area contributed by atoms with Gasteiger partial charge in [0.05, 0.1) is 17.8 Å². The molecule has 0 radical (unpaired) electrons. The van der Waals surface area contributed by atoms with E-state index in [0.29, 0.717) is 30.3 Å². The molecule has 2 aliphatic carbocycles. The van der Waals surface area contributed by atoms with E-state index in [1.165, 1.54) is 6.20 Å². The smallest absolute Gasteiger partial charge is 0.254 e. The summed E-state index contributed by atoms with van der Waals surface area (Å²) in [7, 11) is 1.75. The molecule has 2 atom stereocenters. The van der Waals surface area contributed by atoms with Gasteiger partial charge in [-0.05, 0) is 51.4 Å². The number of hydrogen-bond acceptors (Lipinski definition) is 7. The molecule has 144 valence electrons. The summed E-state index contributed by atoms with van der Waals surface area (Å²) >= 11 is 0. The summed E-state index contributed by atoms with van der Waals surface area (Å²) in [5.41, 5.74) is 5.75. The number of methoxy groups -OCH3 is 1. The molecule has 0 spiro atoms. The number of primary amides is 1. The Bertz CT molecular complexity index is 619. The van der Waals surface area contributed by atoms with Crippen LogP contribution in [0.25, 0.3) is 0 Å². The van der Waals surface area contributed by atoms with Crippen LogP contribution in [-0.2, 0) is 4.74 Å². The lowest BCUT2D eigenvalue weighted by Crippen LogP contribution is -2.32. The maximum absolute atomic E-state index is 11.7. The van der Waals surface area contributed by atoms with E-state index in [4.69, 9.17) is 10.5 Å². The van der Waals surface area contributed by atoms with E-state index in [1.807, 2.05) is 0 Å². The molecule has 1 aromatic heterocycles. The second-order valence-electron chi connectivity index (χ2n) is 7.34. The second kappa shape index (κ2) is 8.64. The lowest BCUT2D eigenvalue weighted by molar-refractivity contribution is 0.0681. The fourth-order valence-electron chi connectivity index (χ4n) is 3.86. The SMILES string of the molecule is COC1CCC(Nc2ncc(C(N)=O)c(N[C@H]3CCCC(O)C3)n2)CC1. The van der Waals surface area contributed by atoms with Gasteiger partial charge in [-0.3, -0.25) is 4.79 Å². The average molecular weight is 363 g/mol. The van der Waals surface area contributed by atoms with Gasteiger partial charge in [-0.1, -0.05) is 0 Å². The normalized spacial score (nSPS) is 29.2. The number of nitrogens with one attached hydrogen (secondary N) is 2. The van der Waals surface area contributed by atoms with E-state index in [9.17, 15) is 9.90 Å². The molecule has 0 saturated heterocycles. The number of nitrogens with zero attached hydrogens (tertiary/aromatic N) is 2. The highest BCUT2D eigenvalue weighted by Crippen LogP contribution is 2.25. The quantitative estimate of drug-likeness (QED) is 0.606. The first kappa shape index (κ1) is 18.8. The first-order valence-corrected chi connectivity index (χ1v) is 9.46. The van der Waals surface area contributed by atoms with Crippen LogP contribution in [0.1, 0.15) is 61.7 Å². The Morgan fingerprint density at radius 2 is 1.96 bits per heavy atom. The lowest BCUT2D eigenvalue weighted by atomic mass is 9.93. The molecule has 1 amide bonds. The Labute approximate surface area is 153 Å². The van der Waals surface area contributed by atoms with Gasteiger partial charge in [-0.15, -0.1) is 0 Å². The summed E-state index contributed by atoms with van der Waals surface area (Å²) in [4.78, 5) is 20.5. The second-order valence-corrected chi connectivity index (χ2v) is 7.34. The van der Waals surface area contributed by atoms with Gasteiger partial charge in [0, 0.05) is 25.4 Å². The Morgan fingerprint density at radius 3 is 2.62 bits per heavy atom. The van der Waals surface area contributed by atoms with Crippen molar-refractivity contribution in [1.29, 1.82) is 0 Å². The number of carbonyl (C=O) groups excluding carboxylic acids is 1. The monoisotopic (exact) mass is 363 g/mol. The summed E-state index contributed by atoms with van der Waals surface area (Å²) in [6.07, 6.45) is 8.86. The molecule has 1 unspecified atom stereocenters. The first-order chi connectivity index (χ1) is 12.5. The van der Waals surface area contributed by atoms with Crippen molar-refractivity contribution >= 4 is 17.7 Å². The van der Waals surface area contributed by atoms with E-state index in [1.54, 1.807) is 7.11 Å². The van der Waals surface area contributed by atoms with Crippen LogP contribution in [0.4, 0.5) is 11.8 Å². The van der Waals surface area contributed by atoms with Crippen molar-refractivity contribution in [1.82, 2.24) is 9.97 Å². The third-order valence-electron chi connectivity index (χ3n) is 5.38. The molecule has 8 heteroatoms. The number of aromatic nitrogens is 2. The fraction of sp³-hybridized carbons (Fsp3) is 0.722. The fourth-order valence-corrected chi connectivity index (χ4v) is 3.86. The Balaban J connectivity index is 1.68. The van der Waals surface area contributed by atoms with Crippen molar-refractivity contribution in [3.05, 3.63) is 11.8 Å². The number of nitrogens with two attached hydrogens (primary N) is 1. The molecule has 2 aliphatic rings. The zero-order valence-corrected chi connectivity index (χ0v) is 15.3. The Morgan fingerprint density at radius 1 is 1.19 bits per heavy atom. The molecule has 0 bridgehead atoms. The molecule has 1 aromatic rings. The van der Waals surface area contributed by atoms with Crippen LogP contribution < -0.4 is 16.4 Å². The number of aliphatic hydroxyl groups is 1. The van der Waals surface area contributed by atoms with Crippen LogP contribution in [-0.4, -0.2) is 52.4 Å². The number of anilines is 2. The predicted octanol–water partition coefficient (Wildman–Crippen LogP) is 1.66. The van der Waals surface area contributed by atoms with Gasteiger partial charge in [0.2, 0.25) is 5.95 Å². The maximum Gasteiger partial charge on any atom is 0.254 e. The van der Waals surface area contributed by atoms with E-state index in [-0.39, 0.29) is 17.7 Å². The van der Waals surface area contributed by atoms with E-state index in [0.717, 1.165) is 44.9 Å². The highest BCUT2D eigenvalue weighted by atomic mass is 16.5. The van der Waals surface area contributed by atoms with Crippen LogP contribution >= 0.6 is 0 Å². The van der Waals surface area contributed by atoms with Gasteiger partial charge < -0.3 is 26.2 Å². The summed E-state index contributed by atoms with van der Waals surface area (Å²) in [6, 6.07) is 0.377. The molecule has 0 aliphatic heterocycles. The molecule has 0 aromatic carbocycles. The topological polar surface area (TPSA) is 122 Å². The van der Waals surface area contributed by atoms with Crippen molar-refractivity contribution in [2.45, 2.75) is 75.7 Å². The van der Waals surface area contributed by atoms with Crippen LogP contribution in [0.15, 0.2) is 6.20 Å². The summed E-state index contributed by atoms with van der Waals surface area (Å²) in [6.45, 7) is 0. The molecule has 8 nitrogen and oxygen atoms in total. The highest BCUT2D eigenvalue weighted by Gasteiger charge is 2.24. The van der Waals surface area contributed by atoms with Crippen molar-refractivity contribution in [2.24, 2.45) is 5.73 Å². The number of aliphatic hydroxyl groups excluding tert-OH is 1. The van der Waals surface area contributed by atoms with Gasteiger partial charge in [-0.2, -0.15) is 4.98 Å². The Kier molecular flexibility index (Phi) is 6.26. The van der Waals surface area contributed by atoms with Crippen LogP contribution in [0.5, 0.6) is 0 Å². The lowest BCUT2D eigenvalue weighted by Gasteiger charge is -2.29. The van der Waals surface area contributed by atoms with Gasteiger partial charge >= 0.3 is 0 Å². The highest BCUT2D eigenvalue weighted by molar-refractivity contribution is 5.97. The van der Waals surface area contributed by atoms with Gasteiger partial charge in [0.15, 0.2) is 0 Å². The minimum Gasteiger partial charge on any atom is -0.393 e. The minimum atomic E-state index is -0.559. The van der Waals surface area contributed by atoms with Crippen molar-refractivity contribution < 1.29 is 14.6 Å². The predicted molar refractivity (Wildman–Crippen MR) is 99.1 cm³/mol. The number of rotatable bonds is 6. The maximum atomic E-state index is 11.7. The largest absolute Gasteiger partial charge is 0.393 e. The molecule has 3 rings (SSSR count). The van der Waals surface area contributed by atoms with Crippen molar-refractivity contribution in [2.75, 3.05) is 17.7 Å². The summed E-state index contributed by atoms with van der Waals surface area (Å²) in [5, 5.41) is 16.5. The van der Waals surface area contributed by atoms with Crippen molar-refractivity contribution in [3.8, 4) is 0 Å². The third kappa shape index (κ3) is 4.82. The van der Waals surface area contributed by atoms with E-state index < -0.39 is 5.91 Å². The molecule has 2 saturated carbocycles. The van der Waals surface area contributed by atoms with Gasteiger partial charge in [0.1, 0.15) is 5.82 Å². The molecule has 2 fully saturated rings. The number of carbonyl (C=O) groups is 1. The first-order valence-electron chi connectivity index (χ1n) is 9.46. The molecule has 5 N–H and O–H groups in total. The average Bonchev–Trinajstić information content (AvgIpc) is 2.62. The number of ether oxygens (including phenoxy) is 1. The van der Waals surface area contributed by atoms with E-state index in [2.05, 4.69) is 20.6 Å². The van der Waals surface area contributed by atoms with Crippen molar-refractivity contribution in [3.63, 3.8) is 0 Å². The zero-order valence-electron chi connectivity index (χ0n) is 15.3. The van der Waals surface area contributed by atoms with Crippen LogP contribution in [0.2, 0.25) is 0 Å². The third-order valence-corrected chi connectivity index (χ3v) is 5.38. The van der Waals surface area contributed by atoms with Crippen LogP contribution in [0, 0.1) is 0 Å². The standard InChI is InChI=1S/C18H29N5O3/c1-26-14-7-5-11(6-8-14)22-18-20-10-15(16(19)25)17(23-18)21-12-3-2-4-13(24)9-12/h10-14,24H,2-9H2,1H3,(H2,19,25)(H2,20,21,22,23)/t11?,12-,13?,14?/m0/s1. The summed E-state index contributed by atoms with van der Waals surface area (Å²) < 4.78 is 5.40. The summed E-state index contributed by atoms with van der Waals surface area (Å²) in [5.74, 6) is 0.380. The Hall–Kier alpha value is -1.93.